The molecule has 1 aliphatic heterocycles. The minimum atomic E-state index is 0.634. The van der Waals surface area contributed by atoms with Gasteiger partial charge in [0.25, 0.3) is 0 Å². The van der Waals surface area contributed by atoms with Crippen LogP contribution in [0.25, 0.3) is 0 Å². The number of likely N-dealkylation sites (tertiary alicyclic amines) is 1. The Hall–Kier alpha value is -0.380. The first-order valence-corrected chi connectivity index (χ1v) is 5.87. The van der Waals surface area contributed by atoms with E-state index in [0.717, 1.165) is 19.1 Å². The lowest BCUT2D eigenvalue weighted by molar-refractivity contribution is 0.223. The van der Waals surface area contributed by atoms with Crippen LogP contribution in [0.1, 0.15) is 13.3 Å². The Morgan fingerprint density at radius 3 is 2.87 bits per heavy atom. The maximum Gasteiger partial charge on any atom is 0.0229 e. The molecule has 0 aromatic carbocycles. The smallest absolute Gasteiger partial charge is 0.0229 e. The standard InChI is InChI=1S/C12H25N3/c1-5-7-13-9-11(2)15-8-6-12(10-15)14(3)4/h5,11-13H,1,6-10H2,2-4H3. The lowest BCUT2D eigenvalue weighted by Gasteiger charge is -2.25. The van der Waals surface area contributed by atoms with Crippen LogP contribution in [0.3, 0.4) is 0 Å². The van der Waals surface area contributed by atoms with Crippen LogP contribution < -0.4 is 5.32 Å². The Bertz CT molecular complexity index is 191. The molecule has 0 amide bonds. The van der Waals surface area contributed by atoms with E-state index in [4.69, 9.17) is 0 Å². The molecule has 1 saturated heterocycles. The predicted octanol–water partition coefficient (Wildman–Crippen LogP) is 0.786. The minimum absolute atomic E-state index is 0.634. The molecule has 3 heteroatoms. The summed E-state index contributed by atoms with van der Waals surface area (Å²) in [5.74, 6) is 0. The highest BCUT2D eigenvalue weighted by atomic mass is 15.3. The van der Waals surface area contributed by atoms with E-state index in [-0.39, 0.29) is 0 Å². The van der Waals surface area contributed by atoms with Crippen LogP contribution in [-0.2, 0) is 0 Å². The van der Waals surface area contributed by atoms with Gasteiger partial charge in [-0.1, -0.05) is 6.08 Å². The molecule has 15 heavy (non-hydrogen) atoms. The summed E-state index contributed by atoms with van der Waals surface area (Å²) in [6.45, 7) is 10.4. The van der Waals surface area contributed by atoms with Crippen LogP contribution in [0.5, 0.6) is 0 Å². The molecule has 0 radical (unpaired) electrons. The SMILES string of the molecule is C=CCNCC(C)N1CCC(N(C)C)C1. The summed E-state index contributed by atoms with van der Waals surface area (Å²) in [5.41, 5.74) is 0. The van der Waals surface area contributed by atoms with Gasteiger partial charge < -0.3 is 10.2 Å². The molecule has 1 fully saturated rings. The molecule has 0 saturated carbocycles. The Morgan fingerprint density at radius 2 is 2.33 bits per heavy atom. The van der Waals surface area contributed by atoms with Gasteiger partial charge in [-0.3, -0.25) is 4.90 Å². The second-order valence-electron chi connectivity index (χ2n) is 4.70. The number of hydrogen-bond donors (Lipinski definition) is 1. The fourth-order valence-electron chi connectivity index (χ4n) is 2.11. The molecular weight excluding hydrogens is 186 g/mol. The number of nitrogens with zero attached hydrogens (tertiary/aromatic N) is 2. The van der Waals surface area contributed by atoms with Crippen molar-refractivity contribution in [3.63, 3.8) is 0 Å². The topological polar surface area (TPSA) is 18.5 Å². The first-order valence-electron chi connectivity index (χ1n) is 5.87. The van der Waals surface area contributed by atoms with Crippen LogP contribution in [-0.4, -0.2) is 62.2 Å². The van der Waals surface area contributed by atoms with Crippen molar-refractivity contribution in [3.05, 3.63) is 12.7 Å². The average molecular weight is 211 g/mol. The van der Waals surface area contributed by atoms with Gasteiger partial charge in [0.05, 0.1) is 0 Å². The van der Waals surface area contributed by atoms with Crippen molar-refractivity contribution >= 4 is 0 Å². The van der Waals surface area contributed by atoms with Crippen LogP contribution in [0.2, 0.25) is 0 Å². The van der Waals surface area contributed by atoms with Crippen molar-refractivity contribution in [2.75, 3.05) is 40.3 Å². The third-order valence-electron chi connectivity index (χ3n) is 3.28. The molecule has 3 nitrogen and oxygen atoms in total. The maximum absolute atomic E-state index is 3.71. The summed E-state index contributed by atoms with van der Waals surface area (Å²) in [4.78, 5) is 4.91. The molecule has 0 aromatic rings. The third-order valence-corrected chi connectivity index (χ3v) is 3.28. The second kappa shape index (κ2) is 6.26. The highest BCUT2D eigenvalue weighted by Crippen LogP contribution is 2.15. The first-order chi connectivity index (χ1) is 7.15. The predicted molar refractivity (Wildman–Crippen MR) is 66.2 cm³/mol. The average Bonchev–Trinajstić information content (AvgIpc) is 2.66. The summed E-state index contributed by atoms with van der Waals surface area (Å²) in [5, 5.41) is 3.38. The van der Waals surface area contributed by atoms with Crippen molar-refractivity contribution in [2.24, 2.45) is 0 Å². The van der Waals surface area contributed by atoms with Gasteiger partial charge in [-0.2, -0.15) is 0 Å². The molecule has 88 valence electrons. The summed E-state index contributed by atoms with van der Waals surface area (Å²) in [7, 11) is 4.35. The molecule has 1 N–H and O–H groups in total. The van der Waals surface area contributed by atoms with Gasteiger partial charge in [0.1, 0.15) is 0 Å². The Balaban J connectivity index is 2.23. The van der Waals surface area contributed by atoms with Gasteiger partial charge in [0.15, 0.2) is 0 Å². The van der Waals surface area contributed by atoms with E-state index in [1.54, 1.807) is 0 Å². The van der Waals surface area contributed by atoms with Crippen LogP contribution in [0, 0.1) is 0 Å². The van der Waals surface area contributed by atoms with Crippen molar-refractivity contribution in [2.45, 2.75) is 25.4 Å². The van der Waals surface area contributed by atoms with Gasteiger partial charge >= 0.3 is 0 Å². The molecule has 0 aromatic heterocycles. The van der Waals surface area contributed by atoms with Crippen molar-refractivity contribution in [1.29, 1.82) is 0 Å². The number of hydrogen-bond acceptors (Lipinski definition) is 3. The summed E-state index contributed by atoms with van der Waals surface area (Å²) in [6.07, 6.45) is 3.22. The second-order valence-corrected chi connectivity index (χ2v) is 4.70. The van der Waals surface area contributed by atoms with Gasteiger partial charge in [-0.15, -0.1) is 6.58 Å². The molecule has 0 bridgehead atoms. The molecule has 0 spiro atoms. The first kappa shape index (κ1) is 12.7. The van der Waals surface area contributed by atoms with E-state index in [1.165, 1.54) is 19.5 Å². The maximum atomic E-state index is 3.71. The van der Waals surface area contributed by atoms with Crippen molar-refractivity contribution in [1.82, 2.24) is 15.1 Å². The largest absolute Gasteiger partial charge is 0.312 e. The summed E-state index contributed by atoms with van der Waals surface area (Å²) in [6, 6.07) is 1.38. The highest BCUT2D eigenvalue weighted by Gasteiger charge is 2.26. The third kappa shape index (κ3) is 3.93. The van der Waals surface area contributed by atoms with Crippen molar-refractivity contribution < 1.29 is 0 Å². The van der Waals surface area contributed by atoms with E-state index in [1.807, 2.05) is 6.08 Å². The van der Waals surface area contributed by atoms with E-state index in [0.29, 0.717) is 6.04 Å². The van der Waals surface area contributed by atoms with Crippen LogP contribution >= 0.6 is 0 Å². The minimum Gasteiger partial charge on any atom is -0.312 e. The van der Waals surface area contributed by atoms with E-state index in [2.05, 4.69) is 42.7 Å². The van der Waals surface area contributed by atoms with E-state index in [9.17, 15) is 0 Å². The number of likely N-dealkylation sites (N-methyl/N-ethyl adjacent to an activating group) is 1. The van der Waals surface area contributed by atoms with E-state index >= 15 is 0 Å². The van der Waals surface area contributed by atoms with E-state index < -0.39 is 0 Å². The number of nitrogens with one attached hydrogen (secondary N) is 1. The van der Waals surface area contributed by atoms with Gasteiger partial charge in [0, 0.05) is 38.3 Å². The van der Waals surface area contributed by atoms with Crippen LogP contribution in [0.4, 0.5) is 0 Å². The Kier molecular flexibility index (Phi) is 5.29. The van der Waals surface area contributed by atoms with Gasteiger partial charge in [-0.05, 0) is 27.4 Å². The summed E-state index contributed by atoms with van der Waals surface area (Å²) < 4.78 is 0. The fraction of sp³-hybridized carbons (Fsp3) is 0.833. The molecule has 2 atom stereocenters. The quantitative estimate of drug-likeness (QED) is 0.517. The lowest BCUT2D eigenvalue weighted by Crippen LogP contribution is -2.41. The Labute approximate surface area is 94.1 Å². The normalized spacial score (nSPS) is 24.7. The van der Waals surface area contributed by atoms with Crippen LogP contribution in [0.15, 0.2) is 12.7 Å². The Morgan fingerprint density at radius 1 is 1.60 bits per heavy atom. The lowest BCUT2D eigenvalue weighted by atomic mass is 10.2. The number of rotatable bonds is 6. The molecular formula is C12H25N3. The fourth-order valence-corrected chi connectivity index (χ4v) is 2.11. The van der Waals surface area contributed by atoms with Gasteiger partial charge in [-0.25, -0.2) is 0 Å². The van der Waals surface area contributed by atoms with Crippen molar-refractivity contribution in [3.8, 4) is 0 Å². The zero-order valence-electron chi connectivity index (χ0n) is 10.4. The monoisotopic (exact) mass is 211 g/mol. The summed E-state index contributed by atoms with van der Waals surface area (Å²) >= 11 is 0. The molecule has 1 heterocycles. The molecule has 1 rings (SSSR count). The molecule has 1 aliphatic rings. The highest BCUT2D eigenvalue weighted by molar-refractivity contribution is 4.85. The molecule has 2 unspecified atom stereocenters. The molecule has 0 aliphatic carbocycles. The van der Waals surface area contributed by atoms with Gasteiger partial charge in [0.2, 0.25) is 0 Å². The zero-order chi connectivity index (χ0) is 11.3. The zero-order valence-corrected chi connectivity index (χ0v) is 10.4.